The topological polar surface area (TPSA) is 78.9 Å². The van der Waals surface area contributed by atoms with Gasteiger partial charge in [-0.25, -0.2) is 0 Å². The lowest BCUT2D eigenvalue weighted by Crippen LogP contribution is -2.30. The van der Waals surface area contributed by atoms with Crippen LogP contribution in [0, 0.1) is 0 Å². The molecule has 0 rings (SSSR count). The highest BCUT2D eigenvalue weighted by molar-refractivity contribution is 5.71. The van der Waals surface area contributed by atoms with Gasteiger partial charge in [0.2, 0.25) is 0 Å². The first-order valence-corrected chi connectivity index (χ1v) is 30.0. The molecule has 0 aliphatic rings. The van der Waals surface area contributed by atoms with Gasteiger partial charge >= 0.3 is 17.9 Å². The second-order valence-electron chi connectivity index (χ2n) is 20.3. The first-order valence-electron chi connectivity index (χ1n) is 30.0. The Kier molecular flexibility index (Phi) is 55.2. The van der Waals surface area contributed by atoms with Gasteiger partial charge in [0.15, 0.2) is 6.10 Å². The zero-order valence-electron chi connectivity index (χ0n) is 45.6. The third-order valence-corrected chi connectivity index (χ3v) is 13.3. The summed E-state index contributed by atoms with van der Waals surface area (Å²) in [7, 11) is 0. The maximum atomic E-state index is 12.7. The SMILES string of the molecule is CCC/C=C\CCCCCCCC(=O)OC(COC(=O)CCCCCCCCCCC)COC(=O)CCCCCCCCCCCCCCCCCCCCC/C=C\C/C=C\CCCCCCC. The van der Waals surface area contributed by atoms with Crippen LogP contribution < -0.4 is 0 Å². The average molecular weight is 956 g/mol. The summed E-state index contributed by atoms with van der Waals surface area (Å²) in [5.41, 5.74) is 0. The van der Waals surface area contributed by atoms with Gasteiger partial charge in [-0.15, -0.1) is 0 Å². The Hall–Kier alpha value is -2.37. The van der Waals surface area contributed by atoms with Crippen LogP contribution in [0.15, 0.2) is 36.5 Å². The van der Waals surface area contributed by atoms with Crippen molar-refractivity contribution in [3.8, 4) is 0 Å². The molecule has 6 heteroatoms. The lowest BCUT2D eigenvalue weighted by Gasteiger charge is -2.18. The van der Waals surface area contributed by atoms with Gasteiger partial charge in [0.1, 0.15) is 13.2 Å². The van der Waals surface area contributed by atoms with Gasteiger partial charge in [0.25, 0.3) is 0 Å². The molecule has 0 radical (unpaired) electrons. The Morgan fingerprint density at radius 2 is 0.559 bits per heavy atom. The fourth-order valence-electron chi connectivity index (χ4n) is 8.83. The monoisotopic (exact) mass is 955 g/mol. The third kappa shape index (κ3) is 54.6. The predicted molar refractivity (Wildman–Crippen MR) is 293 cm³/mol. The van der Waals surface area contributed by atoms with E-state index in [1.54, 1.807) is 0 Å². The van der Waals surface area contributed by atoms with Crippen LogP contribution in [0.25, 0.3) is 0 Å². The highest BCUT2D eigenvalue weighted by atomic mass is 16.6. The summed E-state index contributed by atoms with van der Waals surface area (Å²) in [6.07, 6.45) is 69.0. The average Bonchev–Trinajstić information content (AvgIpc) is 3.34. The number of ether oxygens (including phenoxy) is 3. The number of carbonyl (C=O) groups excluding carboxylic acids is 3. The fraction of sp³-hybridized carbons (Fsp3) is 0.855. The van der Waals surface area contributed by atoms with E-state index in [2.05, 4.69) is 57.2 Å². The number of hydrogen-bond acceptors (Lipinski definition) is 6. The van der Waals surface area contributed by atoms with Crippen LogP contribution in [0.1, 0.15) is 323 Å². The van der Waals surface area contributed by atoms with Gasteiger partial charge in [0.05, 0.1) is 0 Å². The second kappa shape index (κ2) is 57.2. The largest absolute Gasteiger partial charge is 0.462 e. The first kappa shape index (κ1) is 65.6. The van der Waals surface area contributed by atoms with Gasteiger partial charge in [-0.1, -0.05) is 269 Å². The molecular weight excluding hydrogens is 841 g/mol. The standard InChI is InChI=1S/C62H114O6/c1-4-7-10-13-16-19-21-22-23-24-25-26-27-28-29-30-31-32-33-34-35-36-37-38-39-40-41-44-46-49-52-55-61(64)67-58-59(57-66-60(63)54-51-48-45-42-18-15-12-9-6-3)68-62(65)56-53-50-47-43-20-17-14-11-8-5-2/h11,14,21-22,24-25,59H,4-10,12-13,15-20,23,26-58H2,1-3H3/b14-11-,22-21-,25-24-. The Morgan fingerprint density at radius 1 is 0.294 bits per heavy atom. The Bertz CT molecular complexity index is 1140. The second-order valence-corrected chi connectivity index (χ2v) is 20.3. The lowest BCUT2D eigenvalue weighted by atomic mass is 10.0. The van der Waals surface area contributed by atoms with Gasteiger partial charge < -0.3 is 14.2 Å². The number of rotatable bonds is 55. The molecule has 398 valence electrons. The molecule has 0 spiro atoms. The number of unbranched alkanes of at least 4 members (excludes halogenated alkanes) is 38. The molecular formula is C62H114O6. The number of carbonyl (C=O) groups is 3. The minimum atomic E-state index is -0.769. The quantitative estimate of drug-likeness (QED) is 0.0262. The zero-order valence-corrected chi connectivity index (χ0v) is 45.6. The summed E-state index contributed by atoms with van der Waals surface area (Å²) in [5, 5.41) is 0. The number of hydrogen-bond donors (Lipinski definition) is 0. The van der Waals surface area contributed by atoms with E-state index in [1.165, 1.54) is 199 Å². The van der Waals surface area contributed by atoms with Crippen LogP contribution in [0.4, 0.5) is 0 Å². The van der Waals surface area contributed by atoms with E-state index >= 15 is 0 Å². The molecule has 6 nitrogen and oxygen atoms in total. The fourth-order valence-corrected chi connectivity index (χ4v) is 8.83. The molecule has 1 atom stereocenters. The molecule has 0 bridgehead atoms. The van der Waals surface area contributed by atoms with Crippen molar-refractivity contribution in [1.29, 1.82) is 0 Å². The van der Waals surface area contributed by atoms with Crippen LogP contribution in [0.3, 0.4) is 0 Å². The molecule has 68 heavy (non-hydrogen) atoms. The summed E-state index contributed by atoms with van der Waals surface area (Å²) in [6.45, 7) is 6.57. The molecule has 0 aliphatic heterocycles. The van der Waals surface area contributed by atoms with Gasteiger partial charge in [-0.3, -0.25) is 14.4 Å². The molecule has 0 amide bonds. The molecule has 0 aromatic heterocycles. The van der Waals surface area contributed by atoms with Crippen molar-refractivity contribution in [2.45, 2.75) is 329 Å². The highest BCUT2D eigenvalue weighted by Gasteiger charge is 2.19. The lowest BCUT2D eigenvalue weighted by molar-refractivity contribution is -0.167. The molecule has 0 saturated carbocycles. The minimum absolute atomic E-state index is 0.0712. The minimum Gasteiger partial charge on any atom is -0.462 e. The van der Waals surface area contributed by atoms with E-state index < -0.39 is 6.10 Å². The normalized spacial score (nSPS) is 12.2. The molecule has 0 aromatic carbocycles. The summed E-state index contributed by atoms with van der Waals surface area (Å²) in [5.74, 6) is -0.871. The van der Waals surface area contributed by atoms with E-state index in [0.29, 0.717) is 19.3 Å². The Balaban J connectivity index is 3.96. The van der Waals surface area contributed by atoms with Crippen LogP contribution >= 0.6 is 0 Å². The smallest absolute Gasteiger partial charge is 0.306 e. The number of allylic oxidation sites excluding steroid dienone is 6. The molecule has 1 unspecified atom stereocenters. The summed E-state index contributed by atoms with van der Waals surface area (Å²) >= 11 is 0. The predicted octanol–water partition coefficient (Wildman–Crippen LogP) is 20.0. The van der Waals surface area contributed by atoms with E-state index in [1.807, 2.05) is 0 Å². The van der Waals surface area contributed by atoms with Gasteiger partial charge in [-0.2, -0.15) is 0 Å². The van der Waals surface area contributed by atoms with Gasteiger partial charge in [0, 0.05) is 19.3 Å². The van der Waals surface area contributed by atoms with Crippen molar-refractivity contribution in [3.05, 3.63) is 36.5 Å². The highest BCUT2D eigenvalue weighted by Crippen LogP contribution is 2.17. The number of esters is 3. The molecule has 0 aliphatic carbocycles. The zero-order chi connectivity index (χ0) is 49.3. The maximum Gasteiger partial charge on any atom is 0.306 e. The molecule has 0 aromatic rings. The van der Waals surface area contributed by atoms with E-state index in [4.69, 9.17) is 14.2 Å². The van der Waals surface area contributed by atoms with E-state index in [-0.39, 0.29) is 31.1 Å². The van der Waals surface area contributed by atoms with Crippen LogP contribution in [0.2, 0.25) is 0 Å². The maximum absolute atomic E-state index is 12.7. The Morgan fingerprint density at radius 3 is 0.882 bits per heavy atom. The van der Waals surface area contributed by atoms with Crippen molar-refractivity contribution in [1.82, 2.24) is 0 Å². The van der Waals surface area contributed by atoms with Crippen LogP contribution in [-0.2, 0) is 28.6 Å². The van der Waals surface area contributed by atoms with Crippen molar-refractivity contribution >= 4 is 17.9 Å². The van der Waals surface area contributed by atoms with Crippen molar-refractivity contribution in [2.24, 2.45) is 0 Å². The third-order valence-electron chi connectivity index (χ3n) is 13.3. The van der Waals surface area contributed by atoms with Crippen LogP contribution in [0.5, 0.6) is 0 Å². The van der Waals surface area contributed by atoms with Crippen molar-refractivity contribution in [2.75, 3.05) is 13.2 Å². The summed E-state index contributed by atoms with van der Waals surface area (Å²) in [4.78, 5) is 37.9. The molecule has 0 N–H and O–H groups in total. The van der Waals surface area contributed by atoms with E-state index in [0.717, 1.165) is 83.5 Å². The van der Waals surface area contributed by atoms with E-state index in [9.17, 15) is 14.4 Å². The summed E-state index contributed by atoms with van der Waals surface area (Å²) < 4.78 is 16.8. The van der Waals surface area contributed by atoms with Gasteiger partial charge in [-0.05, 0) is 70.6 Å². The first-order chi connectivity index (χ1) is 33.5. The van der Waals surface area contributed by atoms with Crippen molar-refractivity contribution < 1.29 is 28.6 Å². The van der Waals surface area contributed by atoms with Crippen molar-refractivity contribution in [3.63, 3.8) is 0 Å². The molecule has 0 saturated heterocycles. The molecule has 0 heterocycles. The summed E-state index contributed by atoms with van der Waals surface area (Å²) in [6, 6.07) is 0. The van der Waals surface area contributed by atoms with Crippen LogP contribution in [-0.4, -0.2) is 37.2 Å². The Labute approximate surface area is 423 Å². The molecule has 0 fully saturated rings.